The Bertz CT molecular complexity index is 819. The Labute approximate surface area is 167 Å². The first kappa shape index (κ1) is 23.4. The van der Waals surface area contributed by atoms with Gasteiger partial charge in [0.05, 0.1) is 5.56 Å². The van der Waals surface area contributed by atoms with Gasteiger partial charge in [-0.2, -0.15) is 0 Å². The third-order valence-electron chi connectivity index (χ3n) is 3.70. The summed E-state index contributed by atoms with van der Waals surface area (Å²) in [5, 5.41) is 17.7. The molecule has 0 aliphatic carbocycles. The number of hydrogen-bond acceptors (Lipinski definition) is 6. The number of esters is 1. The molecule has 8 nitrogen and oxygen atoms in total. The number of benzene rings is 2. The van der Waals surface area contributed by atoms with Crippen LogP contribution in [-0.4, -0.2) is 46.8 Å². The molecule has 0 saturated heterocycles. The van der Waals surface area contributed by atoms with Crippen molar-refractivity contribution in [2.24, 2.45) is 0 Å². The van der Waals surface area contributed by atoms with Crippen LogP contribution in [0.15, 0.2) is 48.5 Å². The summed E-state index contributed by atoms with van der Waals surface area (Å²) in [5.41, 5.74) is 3.57. The highest BCUT2D eigenvalue weighted by Crippen LogP contribution is 2.11. The molecular formula is C21H22O8. The zero-order valence-corrected chi connectivity index (χ0v) is 16.2. The minimum Gasteiger partial charge on any atom is -0.478 e. The summed E-state index contributed by atoms with van der Waals surface area (Å²) in [6.45, 7) is 5.75. The lowest BCUT2D eigenvalue weighted by atomic mass is 10.1. The lowest BCUT2D eigenvalue weighted by Gasteiger charge is -2.19. The van der Waals surface area contributed by atoms with Crippen molar-refractivity contribution in [3.05, 3.63) is 70.8 Å². The molecule has 0 heterocycles. The topological polar surface area (TPSA) is 127 Å². The van der Waals surface area contributed by atoms with Crippen molar-refractivity contribution in [1.82, 2.24) is 0 Å². The van der Waals surface area contributed by atoms with Crippen LogP contribution in [0.25, 0.3) is 0 Å². The van der Waals surface area contributed by atoms with Crippen LogP contribution in [0.3, 0.4) is 0 Å². The molecule has 0 saturated carbocycles. The molecule has 29 heavy (non-hydrogen) atoms. The van der Waals surface area contributed by atoms with Gasteiger partial charge >= 0.3 is 17.9 Å². The molecule has 0 fully saturated rings. The Hall–Kier alpha value is -3.68. The maximum atomic E-state index is 11.8. The van der Waals surface area contributed by atoms with Crippen LogP contribution in [0.2, 0.25) is 0 Å². The Balaban J connectivity index is 0.000000436. The monoisotopic (exact) mass is 402 g/mol. The van der Waals surface area contributed by atoms with Crippen molar-refractivity contribution < 1.29 is 38.9 Å². The number of carbonyl (C=O) groups is 4. The van der Waals surface area contributed by atoms with Crippen molar-refractivity contribution in [2.75, 3.05) is 0 Å². The molecular weight excluding hydrogens is 380 g/mol. The number of aliphatic carboxylic acids is 2. The van der Waals surface area contributed by atoms with E-state index in [1.807, 2.05) is 0 Å². The molecule has 0 aliphatic rings. The number of carbonyl (C=O) groups excluding carboxylic acids is 2. The normalized spacial score (nSPS) is 11.8. The van der Waals surface area contributed by atoms with Crippen molar-refractivity contribution in [1.29, 1.82) is 0 Å². The summed E-state index contributed by atoms with van der Waals surface area (Å²) >= 11 is 0. The average Bonchev–Trinajstić information content (AvgIpc) is 2.67. The largest absolute Gasteiger partial charge is 0.478 e. The Kier molecular flexibility index (Phi) is 9.04. The minimum absolute atomic E-state index is 0.0436. The predicted molar refractivity (Wildman–Crippen MR) is 103 cm³/mol. The second-order valence-corrected chi connectivity index (χ2v) is 6.18. The van der Waals surface area contributed by atoms with E-state index in [2.05, 4.69) is 47.6 Å². The van der Waals surface area contributed by atoms with Gasteiger partial charge in [-0.25, -0.2) is 14.4 Å². The van der Waals surface area contributed by atoms with E-state index in [9.17, 15) is 19.2 Å². The minimum atomic E-state index is -2.15. The zero-order chi connectivity index (χ0) is 22.0. The average molecular weight is 402 g/mol. The van der Waals surface area contributed by atoms with Crippen LogP contribution in [0.5, 0.6) is 0 Å². The second kappa shape index (κ2) is 11.2. The van der Waals surface area contributed by atoms with Crippen molar-refractivity contribution >= 4 is 24.4 Å². The smallest absolute Gasteiger partial charge is 0.349 e. The van der Waals surface area contributed by atoms with E-state index in [1.54, 1.807) is 19.1 Å². The van der Waals surface area contributed by atoms with Gasteiger partial charge in [0.2, 0.25) is 12.2 Å². The van der Waals surface area contributed by atoms with E-state index in [4.69, 9.17) is 10.2 Å². The summed E-state index contributed by atoms with van der Waals surface area (Å²) in [6.07, 6.45) is -4.28. The molecule has 0 spiro atoms. The van der Waals surface area contributed by atoms with E-state index in [0.717, 1.165) is 5.56 Å². The van der Waals surface area contributed by atoms with E-state index >= 15 is 0 Å². The van der Waals surface area contributed by atoms with Crippen molar-refractivity contribution in [3.8, 4) is 0 Å². The van der Waals surface area contributed by atoms with Gasteiger partial charge in [-0.15, -0.1) is 0 Å². The fraction of sp³-hybridized carbons (Fsp3) is 0.238. The van der Waals surface area contributed by atoms with Gasteiger partial charge in [0, 0.05) is 0 Å². The maximum Gasteiger partial charge on any atom is 0.349 e. The summed E-state index contributed by atoms with van der Waals surface area (Å²) < 4.78 is 8.76. The molecule has 0 amide bonds. The van der Waals surface area contributed by atoms with Gasteiger partial charge in [-0.05, 0) is 32.9 Å². The Morgan fingerprint density at radius 3 is 1.48 bits per heavy atom. The molecule has 2 N–H and O–H groups in total. The Morgan fingerprint density at radius 1 is 0.759 bits per heavy atom. The number of hydrogen-bond donors (Lipinski definition) is 2. The van der Waals surface area contributed by atoms with E-state index in [1.165, 1.54) is 23.3 Å². The zero-order valence-electron chi connectivity index (χ0n) is 16.2. The number of aryl methyl sites for hydroxylation is 3. The van der Waals surface area contributed by atoms with Crippen LogP contribution in [-0.2, 0) is 23.9 Å². The molecule has 0 aliphatic heterocycles. The number of carboxylic acid groups (broad SMARTS) is 2. The number of ether oxygens (including phenoxy) is 2. The van der Waals surface area contributed by atoms with Crippen LogP contribution in [0, 0.1) is 20.8 Å². The van der Waals surface area contributed by atoms with E-state index in [-0.39, 0.29) is 12.0 Å². The molecule has 0 aromatic heterocycles. The van der Waals surface area contributed by atoms with Gasteiger partial charge in [0.1, 0.15) is 0 Å². The summed E-state index contributed by atoms with van der Waals surface area (Å²) in [5.74, 6) is -4.53. The predicted octanol–water partition coefficient (Wildman–Crippen LogP) is 2.53. The molecule has 154 valence electrons. The van der Waals surface area contributed by atoms with Crippen molar-refractivity contribution in [2.45, 2.75) is 33.0 Å². The lowest BCUT2D eigenvalue weighted by molar-refractivity contribution is -0.173. The first-order chi connectivity index (χ1) is 13.6. The molecule has 0 bridgehead atoms. The third kappa shape index (κ3) is 7.84. The van der Waals surface area contributed by atoms with Crippen molar-refractivity contribution in [3.63, 3.8) is 0 Å². The van der Waals surface area contributed by atoms with E-state index in [0.29, 0.717) is 0 Å². The first-order valence-corrected chi connectivity index (χ1v) is 8.51. The third-order valence-corrected chi connectivity index (χ3v) is 3.70. The lowest BCUT2D eigenvalue weighted by Crippen LogP contribution is -2.44. The number of carboxylic acids is 2. The maximum absolute atomic E-state index is 11.8. The van der Waals surface area contributed by atoms with Gasteiger partial charge in [-0.3, -0.25) is 4.79 Å². The highest BCUT2D eigenvalue weighted by atomic mass is 16.6. The standard InChI is InChI=1S/C13H12O8.C8H10/c1-7-2-4-8(5-3-7)13(19)21-10(12(17)18)9(11(15)16)20-6-14;1-7-3-5-8(2)6-4-7/h2-6,9-10H,1H3,(H,15,16)(H,17,18);3-6H,1-2H3. The van der Waals surface area contributed by atoms with Gasteiger partial charge in [0.15, 0.2) is 0 Å². The Morgan fingerprint density at radius 2 is 1.14 bits per heavy atom. The van der Waals surface area contributed by atoms with E-state index < -0.39 is 30.1 Å². The summed E-state index contributed by atoms with van der Waals surface area (Å²) in [7, 11) is 0. The molecule has 2 aromatic carbocycles. The SMILES string of the molecule is Cc1ccc(C(=O)OC(C(=O)O)C(OC=O)C(=O)O)cc1.Cc1ccc(C)cc1. The summed E-state index contributed by atoms with van der Waals surface area (Å²) in [4.78, 5) is 43.9. The van der Waals surface area contributed by atoms with Crippen LogP contribution < -0.4 is 0 Å². The van der Waals surface area contributed by atoms with Crippen LogP contribution >= 0.6 is 0 Å². The van der Waals surface area contributed by atoms with Crippen LogP contribution in [0.4, 0.5) is 0 Å². The summed E-state index contributed by atoms with van der Waals surface area (Å²) in [6, 6.07) is 14.5. The van der Waals surface area contributed by atoms with Gasteiger partial charge < -0.3 is 19.7 Å². The quantitative estimate of drug-likeness (QED) is 0.534. The van der Waals surface area contributed by atoms with Crippen LogP contribution in [0.1, 0.15) is 27.0 Å². The molecule has 2 atom stereocenters. The van der Waals surface area contributed by atoms with Gasteiger partial charge in [0.25, 0.3) is 6.47 Å². The van der Waals surface area contributed by atoms with Gasteiger partial charge in [-0.1, -0.05) is 53.1 Å². The molecule has 0 radical (unpaired) electrons. The molecule has 2 aromatic rings. The molecule has 2 unspecified atom stereocenters. The highest BCUT2D eigenvalue weighted by Gasteiger charge is 2.39. The number of rotatable bonds is 7. The molecule has 2 rings (SSSR count). The fourth-order valence-electron chi connectivity index (χ4n) is 2.07. The second-order valence-electron chi connectivity index (χ2n) is 6.18. The fourth-order valence-corrected chi connectivity index (χ4v) is 2.07. The first-order valence-electron chi connectivity index (χ1n) is 8.51. The molecule has 8 heteroatoms. The highest BCUT2D eigenvalue weighted by molar-refractivity contribution is 5.93.